The second-order valence-electron chi connectivity index (χ2n) is 7.24. The van der Waals surface area contributed by atoms with Gasteiger partial charge in [0.2, 0.25) is 0 Å². The molecular weight excluding hydrogens is 536 g/mol. The number of halogens is 1. The molecule has 0 unspecified atom stereocenters. The Labute approximate surface area is 210 Å². The summed E-state index contributed by atoms with van der Waals surface area (Å²) in [5.74, 6) is -1.45. The summed E-state index contributed by atoms with van der Waals surface area (Å²) in [6.45, 7) is 4.83. The first-order valence-electron chi connectivity index (χ1n) is 10.4. The van der Waals surface area contributed by atoms with E-state index < -0.39 is 53.7 Å². The van der Waals surface area contributed by atoms with Gasteiger partial charge in [0.05, 0.1) is 6.61 Å². The molecule has 1 aliphatic rings. The molecule has 10 nitrogen and oxygen atoms in total. The largest absolute Gasteiger partial charge is 0.493 e. The van der Waals surface area contributed by atoms with Gasteiger partial charge < -0.3 is 28.4 Å². The van der Waals surface area contributed by atoms with Crippen LogP contribution in [0, 0.1) is 0 Å². The van der Waals surface area contributed by atoms with E-state index >= 15 is 0 Å². The number of carbonyl (C=O) groups is 4. The summed E-state index contributed by atoms with van der Waals surface area (Å²) >= 11 is 4.61. The van der Waals surface area contributed by atoms with Crippen molar-refractivity contribution in [2.45, 2.75) is 57.5 Å². The van der Waals surface area contributed by atoms with E-state index in [1.807, 2.05) is 24.3 Å². The molecule has 0 saturated carbocycles. The number of esters is 4. The van der Waals surface area contributed by atoms with Crippen LogP contribution in [-0.4, -0.2) is 72.7 Å². The zero-order chi connectivity index (χ0) is 25.3. The zero-order valence-electron chi connectivity index (χ0n) is 19.2. The third-order valence-electron chi connectivity index (χ3n) is 4.40. The second kappa shape index (κ2) is 13.5. The van der Waals surface area contributed by atoms with Crippen LogP contribution in [0.4, 0.5) is 0 Å². The van der Waals surface area contributed by atoms with Crippen molar-refractivity contribution in [2.75, 3.05) is 19.0 Å². The average molecular weight is 563 g/mol. The lowest BCUT2D eigenvalue weighted by molar-refractivity contribution is -0.237. The van der Waals surface area contributed by atoms with E-state index in [-0.39, 0.29) is 6.61 Å². The second-order valence-corrected chi connectivity index (χ2v) is 9.36. The van der Waals surface area contributed by atoms with Crippen LogP contribution in [-0.2, 0) is 42.9 Å². The maximum Gasteiger partial charge on any atom is 0.303 e. The molecule has 34 heavy (non-hydrogen) atoms. The van der Waals surface area contributed by atoms with Crippen LogP contribution in [0.2, 0.25) is 0 Å². The molecule has 0 bridgehead atoms. The van der Waals surface area contributed by atoms with Crippen molar-refractivity contribution in [3.8, 4) is 5.75 Å². The lowest BCUT2D eigenvalue weighted by atomic mass is 9.99. The van der Waals surface area contributed by atoms with Crippen LogP contribution in [0.1, 0.15) is 27.7 Å². The summed E-state index contributed by atoms with van der Waals surface area (Å²) in [6.07, 6.45) is -4.39. The first-order valence-corrected chi connectivity index (χ1v) is 12.2. The fourth-order valence-corrected chi connectivity index (χ4v) is 4.48. The molecule has 188 valence electrons. The van der Waals surface area contributed by atoms with Crippen LogP contribution in [0.25, 0.3) is 0 Å². The number of hydrogen-bond acceptors (Lipinski definition) is 11. The molecule has 1 fully saturated rings. The Bertz CT molecular complexity index is 862. The highest BCUT2D eigenvalue weighted by Crippen LogP contribution is 2.34. The highest BCUT2D eigenvalue weighted by molar-refractivity contribution is 9.10. The molecule has 1 aliphatic heterocycles. The van der Waals surface area contributed by atoms with Gasteiger partial charge in [-0.3, -0.25) is 19.2 Å². The van der Waals surface area contributed by atoms with E-state index in [1.165, 1.54) is 39.5 Å². The summed E-state index contributed by atoms with van der Waals surface area (Å²) in [7, 11) is 0. The minimum atomic E-state index is -1.18. The standard InChI is InChI=1S/C22H27BrO10S/c1-12(24)29-11-18-19(30-13(2)25)20(31-14(3)26)21(32-15(4)27)22(33-18)34-10-9-28-17-7-5-16(23)6-8-17/h5-8,18-22H,9-11H2,1-4H3/t18-,19-,20-,21-,22-/m0/s1. The molecule has 1 saturated heterocycles. The normalized spacial score (nSPS) is 24.0. The van der Waals surface area contributed by atoms with Gasteiger partial charge in [-0.05, 0) is 24.3 Å². The van der Waals surface area contributed by atoms with Crippen molar-refractivity contribution >= 4 is 51.6 Å². The molecule has 12 heteroatoms. The lowest BCUT2D eigenvalue weighted by Crippen LogP contribution is -2.61. The van der Waals surface area contributed by atoms with Crippen molar-refractivity contribution in [2.24, 2.45) is 0 Å². The van der Waals surface area contributed by atoms with Crippen LogP contribution < -0.4 is 4.74 Å². The van der Waals surface area contributed by atoms with Gasteiger partial charge in [0.25, 0.3) is 0 Å². The SMILES string of the molecule is CC(=O)OC[C@@H]1O[C@@H](SCCOc2ccc(Br)cc2)[C@@H](OC(C)=O)[C@@H](OC(C)=O)[C@H]1OC(C)=O. The fraction of sp³-hybridized carbons (Fsp3) is 0.545. The molecule has 0 aromatic heterocycles. The molecule has 1 aromatic rings. The highest BCUT2D eigenvalue weighted by Gasteiger charge is 2.52. The zero-order valence-corrected chi connectivity index (χ0v) is 21.6. The number of benzene rings is 1. The van der Waals surface area contributed by atoms with Crippen LogP contribution in [0.3, 0.4) is 0 Å². The van der Waals surface area contributed by atoms with E-state index in [0.29, 0.717) is 18.1 Å². The Morgan fingerprint density at radius 1 is 0.853 bits per heavy atom. The number of hydrogen-bond donors (Lipinski definition) is 0. The molecule has 2 rings (SSSR count). The summed E-state index contributed by atoms with van der Waals surface area (Å²) < 4.78 is 33.9. The number of rotatable bonds is 10. The average Bonchev–Trinajstić information content (AvgIpc) is 2.74. The quantitative estimate of drug-likeness (QED) is 0.237. The number of carbonyl (C=O) groups excluding carboxylic acids is 4. The highest BCUT2D eigenvalue weighted by atomic mass is 79.9. The van der Waals surface area contributed by atoms with Gasteiger partial charge in [-0.1, -0.05) is 15.9 Å². The van der Waals surface area contributed by atoms with Crippen molar-refractivity contribution in [1.29, 1.82) is 0 Å². The maximum atomic E-state index is 11.8. The van der Waals surface area contributed by atoms with Gasteiger partial charge in [-0.2, -0.15) is 0 Å². The molecule has 0 spiro atoms. The first-order chi connectivity index (χ1) is 16.1. The Kier molecular flexibility index (Phi) is 11.1. The van der Waals surface area contributed by atoms with E-state index in [0.717, 1.165) is 4.47 Å². The predicted octanol–water partition coefficient (Wildman–Crippen LogP) is 2.64. The fourth-order valence-electron chi connectivity index (χ4n) is 3.18. The van der Waals surface area contributed by atoms with Gasteiger partial charge >= 0.3 is 23.9 Å². The van der Waals surface area contributed by atoms with E-state index in [1.54, 1.807) is 0 Å². The molecule has 1 heterocycles. The van der Waals surface area contributed by atoms with E-state index in [2.05, 4.69) is 15.9 Å². The Balaban J connectivity index is 2.20. The molecular formula is C22H27BrO10S. The third-order valence-corrected chi connectivity index (χ3v) is 6.03. The molecule has 1 aromatic carbocycles. The Morgan fingerprint density at radius 2 is 1.41 bits per heavy atom. The van der Waals surface area contributed by atoms with Crippen molar-refractivity contribution in [3.63, 3.8) is 0 Å². The summed E-state index contributed by atoms with van der Waals surface area (Å²) in [6, 6.07) is 7.32. The Morgan fingerprint density at radius 3 is 1.97 bits per heavy atom. The molecule has 5 atom stereocenters. The summed E-state index contributed by atoms with van der Waals surface area (Å²) in [5, 5.41) is 0. The first kappa shape index (κ1) is 27.9. The minimum Gasteiger partial charge on any atom is -0.493 e. The lowest BCUT2D eigenvalue weighted by Gasteiger charge is -2.44. The van der Waals surface area contributed by atoms with Gasteiger partial charge in [-0.25, -0.2) is 0 Å². The number of ether oxygens (including phenoxy) is 6. The van der Waals surface area contributed by atoms with E-state index in [9.17, 15) is 19.2 Å². The molecule has 0 amide bonds. The van der Waals surface area contributed by atoms with Crippen LogP contribution in [0.15, 0.2) is 28.7 Å². The smallest absolute Gasteiger partial charge is 0.303 e. The molecule has 0 radical (unpaired) electrons. The maximum absolute atomic E-state index is 11.8. The molecule has 0 aliphatic carbocycles. The number of thioether (sulfide) groups is 1. The van der Waals surface area contributed by atoms with Crippen molar-refractivity contribution in [3.05, 3.63) is 28.7 Å². The van der Waals surface area contributed by atoms with Gasteiger partial charge in [0, 0.05) is 37.9 Å². The van der Waals surface area contributed by atoms with Gasteiger partial charge in [0.15, 0.2) is 18.3 Å². The third kappa shape index (κ3) is 9.15. The minimum absolute atomic E-state index is 0.260. The summed E-state index contributed by atoms with van der Waals surface area (Å²) in [5.41, 5.74) is -0.825. The van der Waals surface area contributed by atoms with Gasteiger partial charge in [0.1, 0.15) is 23.9 Å². The van der Waals surface area contributed by atoms with E-state index in [4.69, 9.17) is 28.4 Å². The topological polar surface area (TPSA) is 124 Å². The van der Waals surface area contributed by atoms with Crippen molar-refractivity contribution in [1.82, 2.24) is 0 Å². The predicted molar refractivity (Wildman–Crippen MR) is 124 cm³/mol. The monoisotopic (exact) mass is 562 g/mol. The van der Waals surface area contributed by atoms with Crippen LogP contribution >= 0.6 is 27.7 Å². The van der Waals surface area contributed by atoms with Crippen LogP contribution in [0.5, 0.6) is 5.75 Å². The van der Waals surface area contributed by atoms with Crippen molar-refractivity contribution < 1.29 is 47.6 Å². The molecule has 0 N–H and O–H groups in total. The summed E-state index contributed by atoms with van der Waals surface area (Å²) in [4.78, 5) is 46.8. The Hall–Kier alpha value is -2.31. The van der Waals surface area contributed by atoms with Gasteiger partial charge in [-0.15, -0.1) is 11.8 Å².